The zero-order valence-corrected chi connectivity index (χ0v) is 12.5. The van der Waals surface area contributed by atoms with E-state index in [1.54, 1.807) is 0 Å². The fraction of sp³-hybridized carbons (Fsp3) is 0.643. The Morgan fingerprint density at radius 3 is 2.85 bits per heavy atom. The molecule has 6 heteroatoms. The van der Waals surface area contributed by atoms with E-state index in [-0.39, 0.29) is 5.41 Å². The molecule has 0 saturated carbocycles. The standard InChI is InChI=1S/C14H21N5O/c1-9-10-6-5-7-19(12(10)17-16-9)8-11-15-13(18-20-11)14(2,3)4/h5-8H2,1-4H3,(H,16,17). The SMILES string of the molecule is Cc1[nH]nc2c1CCCN2Cc1nc(C(C)(C)C)no1. The molecule has 3 heterocycles. The summed E-state index contributed by atoms with van der Waals surface area (Å²) in [5.74, 6) is 2.44. The zero-order chi connectivity index (χ0) is 14.3. The van der Waals surface area contributed by atoms with Crippen LogP contribution in [-0.4, -0.2) is 26.9 Å². The second-order valence-electron chi connectivity index (χ2n) is 6.44. The third kappa shape index (κ3) is 2.30. The lowest BCUT2D eigenvalue weighted by molar-refractivity contribution is 0.360. The van der Waals surface area contributed by atoms with Crippen molar-refractivity contribution in [1.82, 2.24) is 20.3 Å². The monoisotopic (exact) mass is 275 g/mol. The zero-order valence-electron chi connectivity index (χ0n) is 12.5. The highest BCUT2D eigenvalue weighted by Gasteiger charge is 2.25. The van der Waals surface area contributed by atoms with Gasteiger partial charge >= 0.3 is 0 Å². The second-order valence-corrected chi connectivity index (χ2v) is 6.44. The molecule has 0 atom stereocenters. The lowest BCUT2D eigenvalue weighted by Crippen LogP contribution is -2.29. The lowest BCUT2D eigenvalue weighted by atomic mass is 9.96. The van der Waals surface area contributed by atoms with Crippen LogP contribution in [0.4, 0.5) is 5.82 Å². The first-order valence-electron chi connectivity index (χ1n) is 7.07. The Hall–Kier alpha value is -1.85. The molecule has 0 saturated heterocycles. The molecule has 2 aromatic heterocycles. The molecule has 0 bridgehead atoms. The van der Waals surface area contributed by atoms with E-state index in [0.29, 0.717) is 12.4 Å². The molecule has 0 spiro atoms. The van der Waals surface area contributed by atoms with Crippen molar-refractivity contribution in [2.45, 2.75) is 52.5 Å². The molecule has 0 radical (unpaired) electrons. The quantitative estimate of drug-likeness (QED) is 0.911. The molecule has 1 aliphatic heterocycles. The van der Waals surface area contributed by atoms with Gasteiger partial charge in [-0.15, -0.1) is 0 Å². The Morgan fingerprint density at radius 1 is 1.35 bits per heavy atom. The number of fused-ring (bicyclic) bond motifs is 1. The Kier molecular flexibility index (Phi) is 3.03. The minimum Gasteiger partial charge on any atom is -0.346 e. The summed E-state index contributed by atoms with van der Waals surface area (Å²) in [5.41, 5.74) is 2.38. The second kappa shape index (κ2) is 4.61. The van der Waals surface area contributed by atoms with Gasteiger partial charge in [-0.05, 0) is 19.8 Å². The first kappa shape index (κ1) is 13.1. The number of rotatable bonds is 2. The predicted molar refractivity (Wildman–Crippen MR) is 75.7 cm³/mol. The average molecular weight is 275 g/mol. The molecule has 0 unspecified atom stereocenters. The summed E-state index contributed by atoms with van der Waals surface area (Å²) in [6.07, 6.45) is 2.22. The molecular weight excluding hydrogens is 254 g/mol. The van der Waals surface area contributed by atoms with Crippen LogP contribution in [-0.2, 0) is 18.4 Å². The highest BCUT2D eigenvalue weighted by atomic mass is 16.5. The summed E-state index contributed by atoms with van der Waals surface area (Å²) in [5, 5.41) is 11.5. The number of nitrogens with one attached hydrogen (secondary N) is 1. The fourth-order valence-electron chi connectivity index (χ4n) is 2.49. The number of aromatic nitrogens is 4. The highest BCUT2D eigenvalue weighted by molar-refractivity contribution is 5.50. The van der Waals surface area contributed by atoms with Crippen LogP contribution in [0.25, 0.3) is 0 Å². The number of nitrogens with zero attached hydrogens (tertiary/aromatic N) is 4. The first-order valence-corrected chi connectivity index (χ1v) is 7.07. The molecule has 1 N–H and O–H groups in total. The van der Waals surface area contributed by atoms with Crippen LogP contribution in [0, 0.1) is 6.92 Å². The minimum absolute atomic E-state index is 0.0856. The average Bonchev–Trinajstić information content (AvgIpc) is 2.98. The van der Waals surface area contributed by atoms with Gasteiger partial charge in [-0.2, -0.15) is 10.1 Å². The lowest BCUT2D eigenvalue weighted by Gasteiger charge is -2.26. The molecule has 3 rings (SSSR count). The summed E-state index contributed by atoms with van der Waals surface area (Å²) in [6.45, 7) is 9.91. The molecule has 0 fully saturated rings. The maximum absolute atomic E-state index is 5.37. The van der Waals surface area contributed by atoms with E-state index >= 15 is 0 Å². The third-order valence-corrected chi connectivity index (χ3v) is 3.67. The van der Waals surface area contributed by atoms with E-state index in [1.165, 1.54) is 5.56 Å². The molecule has 2 aromatic rings. The largest absolute Gasteiger partial charge is 0.346 e. The van der Waals surface area contributed by atoms with Gasteiger partial charge in [0, 0.05) is 23.2 Å². The van der Waals surface area contributed by atoms with E-state index in [4.69, 9.17) is 4.52 Å². The normalized spacial score (nSPS) is 15.5. The highest BCUT2D eigenvalue weighted by Crippen LogP contribution is 2.28. The van der Waals surface area contributed by atoms with Crippen molar-refractivity contribution in [3.8, 4) is 0 Å². The molecule has 0 amide bonds. The van der Waals surface area contributed by atoms with Crippen molar-refractivity contribution in [3.63, 3.8) is 0 Å². The van der Waals surface area contributed by atoms with Gasteiger partial charge in [0.2, 0.25) is 5.89 Å². The van der Waals surface area contributed by atoms with Crippen molar-refractivity contribution < 1.29 is 4.52 Å². The van der Waals surface area contributed by atoms with E-state index in [1.807, 2.05) is 0 Å². The number of aromatic amines is 1. The molecule has 6 nitrogen and oxygen atoms in total. The predicted octanol–water partition coefficient (Wildman–Crippen LogP) is 2.35. The van der Waals surface area contributed by atoms with E-state index in [0.717, 1.165) is 36.7 Å². The van der Waals surface area contributed by atoms with E-state index < -0.39 is 0 Å². The van der Waals surface area contributed by atoms with Crippen LogP contribution < -0.4 is 4.90 Å². The number of anilines is 1. The Morgan fingerprint density at radius 2 is 2.15 bits per heavy atom. The summed E-state index contributed by atoms with van der Waals surface area (Å²) in [6, 6.07) is 0. The molecular formula is C14H21N5O. The molecule has 0 aromatic carbocycles. The summed E-state index contributed by atoms with van der Waals surface area (Å²) in [4.78, 5) is 6.71. The van der Waals surface area contributed by atoms with E-state index in [2.05, 4.69) is 52.9 Å². The maximum Gasteiger partial charge on any atom is 0.246 e. The number of hydrogen-bond acceptors (Lipinski definition) is 5. The van der Waals surface area contributed by atoms with Crippen LogP contribution in [0.1, 0.15) is 50.2 Å². The van der Waals surface area contributed by atoms with Gasteiger partial charge in [-0.3, -0.25) is 5.10 Å². The topological polar surface area (TPSA) is 70.8 Å². The van der Waals surface area contributed by atoms with Gasteiger partial charge in [0.1, 0.15) is 0 Å². The Balaban J connectivity index is 1.81. The van der Waals surface area contributed by atoms with Crippen LogP contribution in [0.15, 0.2) is 4.52 Å². The van der Waals surface area contributed by atoms with Gasteiger partial charge in [-0.1, -0.05) is 25.9 Å². The van der Waals surface area contributed by atoms with Crippen molar-refractivity contribution >= 4 is 5.82 Å². The Bertz CT molecular complexity index is 607. The number of aryl methyl sites for hydroxylation is 1. The van der Waals surface area contributed by atoms with Crippen molar-refractivity contribution in [3.05, 3.63) is 23.0 Å². The minimum atomic E-state index is -0.0856. The maximum atomic E-state index is 5.37. The molecule has 1 aliphatic rings. The number of hydrogen-bond donors (Lipinski definition) is 1. The summed E-state index contributed by atoms with van der Waals surface area (Å²) < 4.78 is 5.37. The van der Waals surface area contributed by atoms with Crippen molar-refractivity contribution in [2.24, 2.45) is 0 Å². The van der Waals surface area contributed by atoms with E-state index in [9.17, 15) is 0 Å². The van der Waals surface area contributed by atoms with Gasteiger partial charge in [-0.25, -0.2) is 0 Å². The van der Waals surface area contributed by atoms with Crippen LogP contribution in [0.2, 0.25) is 0 Å². The van der Waals surface area contributed by atoms with Crippen LogP contribution in [0.3, 0.4) is 0 Å². The molecule has 20 heavy (non-hydrogen) atoms. The summed E-state index contributed by atoms with van der Waals surface area (Å²) >= 11 is 0. The van der Waals surface area contributed by atoms with Crippen LogP contribution in [0.5, 0.6) is 0 Å². The third-order valence-electron chi connectivity index (χ3n) is 3.67. The van der Waals surface area contributed by atoms with Crippen molar-refractivity contribution in [2.75, 3.05) is 11.4 Å². The molecule has 0 aliphatic carbocycles. The number of H-pyrrole nitrogens is 1. The molecule has 108 valence electrons. The summed E-state index contributed by atoms with van der Waals surface area (Å²) in [7, 11) is 0. The Labute approximate surface area is 118 Å². The van der Waals surface area contributed by atoms with Crippen molar-refractivity contribution in [1.29, 1.82) is 0 Å². The smallest absolute Gasteiger partial charge is 0.246 e. The van der Waals surface area contributed by atoms with Gasteiger partial charge in [0.15, 0.2) is 11.6 Å². The van der Waals surface area contributed by atoms with Gasteiger partial charge < -0.3 is 9.42 Å². The van der Waals surface area contributed by atoms with Gasteiger partial charge in [0.05, 0.1) is 6.54 Å². The fourth-order valence-corrected chi connectivity index (χ4v) is 2.49. The van der Waals surface area contributed by atoms with Gasteiger partial charge in [0.25, 0.3) is 0 Å². The van der Waals surface area contributed by atoms with Crippen LogP contribution >= 0.6 is 0 Å². The first-order chi connectivity index (χ1) is 9.45.